The number of hydrogen-bond donors (Lipinski definition) is 0. The normalized spacial score (nSPS) is 11.1. The molecule has 0 aromatic heterocycles. The van der Waals surface area contributed by atoms with Gasteiger partial charge in [0.05, 0.1) is 0 Å². The maximum absolute atomic E-state index is 2.36. The lowest BCUT2D eigenvalue weighted by Crippen LogP contribution is -2.09. The van der Waals surface area contributed by atoms with Gasteiger partial charge in [0.25, 0.3) is 0 Å². The molecule has 0 aliphatic rings. The lowest BCUT2D eigenvalue weighted by Gasteiger charge is -2.26. The molecule has 0 heterocycles. The number of hydrogen-bond acceptors (Lipinski definition) is 1. The minimum absolute atomic E-state index is 1.09. The van der Waals surface area contributed by atoms with Gasteiger partial charge in [-0.25, -0.2) is 0 Å². The zero-order valence-corrected chi connectivity index (χ0v) is 32.6. The van der Waals surface area contributed by atoms with Gasteiger partial charge in [0.1, 0.15) is 0 Å². The fraction of sp³-hybridized carbons (Fsp3) is 0. The molecule has 59 heavy (non-hydrogen) atoms. The van der Waals surface area contributed by atoms with Crippen molar-refractivity contribution in [1.82, 2.24) is 0 Å². The first-order valence-electron chi connectivity index (χ1n) is 20.3. The molecule has 0 spiro atoms. The fourth-order valence-electron chi connectivity index (χ4n) is 8.46. The quantitative estimate of drug-likeness (QED) is 0.142. The topological polar surface area (TPSA) is 3.24 Å². The van der Waals surface area contributed by atoms with E-state index in [4.69, 9.17) is 0 Å². The molecule has 10 aromatic rings. The predicted molar refractivity (Wildman–Crippen MR) is 251 cm³/mol. The third-order valence-corrected chi connectivity index (χ3v) is 11.3. The predicted octanol–water partition coefficient (Wildman–Crippen LogP) is 16.3. The van der Waals surface area contributed by atoms with Gasteiger partial charge >= 0.3 is 0 Å². The van der Waals surface area contributed by atoms with Gasteiger partial charge in [0.2, 0.25) is 0 Å². The van der Waals surface area contributed by atoms with Crippen LogP contribution in [0, 0.1) is 0 Å². The Morgan fingerprint density at radius 2 is 0.475 bits per heavy atom. The SMILES string of the molecule is c1ccc(-c2ccc(N(c3ccc(-c4ccccc4-c4ccccc4-c4ccccc4)cc3)c3ccc(-c4cccc5cccc(-c6ccccc6)c45)cc3)cc2)cc1. The third-order valence-electron chi connectivity index (χ3n) is 11.3. The van der Waals surface area contributed by atoms with Gasteiger partial charge < -0.3 is 4.90 Å². The minimum atomic E-state index is 1.09. The lowest BCUT2D eigenvalue weighted by atomic mass is 9.89. The summed E-state index contributed by atoms with van der Waals surface area (Å²) in [5.41, 5.74) is 17.8. The second kappa shape index (κ2) is 16.0. The van der Waals surface area contributed by atoms with Crippen LogP contribution in [-0.4, -0.2) is 0 Å². The summed E-state index contributed by atoms with van der Waals surface area (Å²) >= 11 is 0. The Bertz CT molecular complexity index is 2980. The molecule has 10 rings (SSSR count). The van der Waals surface area contributed by atoms with Crippen LogP contribution in [0.15, 0.2) is 249 Å². The molecule has 0 unspecified atom stereocenters. The highest BCUT2D eigenvalue weighted by atomic mass is 15.1. The first-order valence-corrected chi connectivity index (χ1v) is 20.3. The molecule has 1 nitrogen and oxygen atoms in total. The Morgan fingerprint density at radius 1 is 0.186 bits per heavy atom. The van der Waals surface area contributed by atoms with Crippen molar-refractivity contribution >= 4 is 27.8 Å². The van der Waals surface area contributed by atoms with Crippen molar-refractivity contribution < 1.29 is 0 Å². The summed E-state index contributed by atoms with van der Waals surface area (Å²) < 4.78 is 0. The largest absolute Gasteiger partial charge is 0.311 e. The van der Waals surface area contributed by atoms with Gasteiger partial charge in [-0.3, -0.25) is 0 Å². The first kappa shape index (κ1) is 35.7. The van der Waals surface area contributed by atoms with Gasteiger partial charge in [-0.05, 0) is 114 Å². The van der Waals surface area contributed by atoms with Gasteiger partial charge in [0.15, 0.2) is 0 Å². The zero-order valence-electron chi connectivity index (χ0n) is 32.6. The Hall–Kier alpha value is -7.74. The molecular weight excluding hydrogens is 711 g/mol. The van der Waals surface area contributed by atoms with Crippen LogP contribution in [-0.2, 0) is 0 Å². The van der Waals surface area contributed by atoms with Crippen LogP contribution >= 0.6 is 0 Å². The van der Waals surface area contributed by atoms with Gasteiger partial charge in [0, 0.05) is 17.1 Å². The van der Waals surface area contributed by atoms with Crippen molar-refractivity contribution in [3.05, 3.63) is 249 Å². The molecule has 0 saturated heterocycles. The molecule has 10 aromatic carbocycles. The number of fused-ring (bicyclic) bond motifs is 1. The lowest BCUT2D eigenvalue weighted by molar-refractivity contribution is 1.28. The number of anilines is 3. The molecule has 0 bridgehead atoms. The molecule has 0 aliphatic carbocycles. The Balaban J connectivity index is 1.05. The molecule has 0 N–H and O–H groups in total. The maximum Gasteiger partial charge on any atom is 0.0462 e. The van der Waals surface area contributed by atoms with E-state index in [2.05, 4.69) is 254 Å². The highest BCUT2D eigenvalue weighted by Crippen LogP contribution is 2.42. The summed E-state index contributed by atoms with van der Waals surface area (Å²) in [6.07, 6.45) is 0. The van der Waals surface area contributed by atoms with Crippen molar-refractivity contribution in [2.24, 2.45) is 0 Å². The smallest absolute Gasteiger partial charge is 0.0462 e. The van der Waals surface area contributed by atoms with E-state index in [0.717, 1.165) is 17.1 Å². The summed E-state index contributed by atoms with van der Waals surface area (Å²) in [7, 11) is 0. The standard InChI is InChI=1S/C58H41N/c1-4-16-42(17-5-1)43-30-36-49(37-31-43)59(51-40-34-47(35-41-51)55-29-15-23-48-22-14-28-54(58(48)55)45-20-8-3-9-21-45)50-38-32-46(33-39-50)53-25-11-13-27-57(53)56-26-12-10-24-52(56)44-18-6-2-7-19-44/h1-41H. The molecule has 1 heteroatoms. The van der Waals surface area contributed by atoms with Crippen molar-refractivity contribution in [3.63, 3.8) is 0 Å². The average molecular weight is 752 g/mol. The summed E-state index contributed by atoms with van der Waals surface area (Å²) in [5.74, 6) is 0. The van der Waals surface area contributed by atoms with Crippen LogP contribution in [0.4, 0.5) is 17.1 Å². The number of rotatable bonds is 9. The van der Waals surface area contributed by atoms with E-state index < -0.39 is 0 Å². The van der Waals surface area contributed by atoms with Crippen LogP contribution < -0.4 is 4.90 Å². The maximum atomic E-state index is 2.36. The Labute approximate surface area is 346 Å². The molecular formula is C58H41N. The molecule has 0 fully saturated rings. The summed E-state index contributed by atoms with van der Waals surface area (Å²) in [6.45, 7) is 0. The van der Waals surface area contributed by atoms with Crippen LogP contribution in [0.5, 0.6) is 0 Å². The van der Waals surface area contributed by atoms with Gasteiger partial charge in [-0.1, -0.05) is 212 Å². The second-order valence-electron chi connectivity index (χ2n) is 14.9. The van der Waals surface area contributed by atoms with E-state index in [1.807, 2.05) is 0 Å². The molecule has 0 atom stereocenters. The van der Waals surface area contributed by atoms with Crippen LogP contribution in [0.1, 0.15) is 0 Å². The van der Waals surface area contributed by atoms with Crippen LogP contribution in [0.2, 0.25) is 0 Å². The molecule has 0 radical (unpaired) electrons. The van der Waals surface area contributed by atoms with Crippen LogP contribution in [0.3, 0.4) is 0 Å². The van der Waals surface area contributed by atoms with Crippen molar-refractivity contribution in [1.29, 1.82) is 0 Å². The molecule has 0 amide bonds. The zero-order chi connectivity index (χ0) is 39.4. The number of benzene rings is 10. The molecule has 278 valence electrons. The van der Waals surface area contributed by atoms with E-state index in [1.54, 1.807) is 0 Å². The second-order valence-corrected chi connectivity index (χ2v) is 14.9. The van der Waals surface area contributed by atoms with E-state index in [0.29, 0.717) is 0 Å². The van der Waals surface area contributed by atoms with E-state index in [9.17, 15) is 0 Å². The van der Waals surface area contributed by atoms with Crippen molar-refractivity contribution in [3.8, 4) is 66.8 Å². The first-order chi connectivity index (χ1) is 29.3. The highest BCUT2D eigenvalue weighted by molar-refractivity contribution is 6.06. The van der Waals surface area contributed by atoms with E-state index in [-0.39, 0.29) is 0 Å². The van der Waals surface area contributed by atoms with Gasteiger partial charge in [-0.15, -0.1) is 0 Å². The molecule has 0 aliphatic heterocycles. The molecule has 0 saturated carbocycles. The van der Waals surface area contributed by atoms with Crippen LogP contribution in [0.25, 0.3) is 77.5 Å². The Kier molecular flexibility index (Phi) is 9.68. The van der Waals surface area contributed by atoms with Crippen molar-refractivity contribution in [2.45, 2.75) is 0 Å². The van der Waals surface area contributed by atoms with Gasteiger partial charge in [-0.2, -0.15) is 0 Å². The summed E-state index contributed by atoms with van der Waals surface area (Å²) in [6, 6.07) is 89.7. The number of nitrogens with zero attached hydrogens (tertiary/aromatic N) is 1. The summed E-state index contributed by atoms with van der Waals surface area (Å²) in [4.78, 5) is 2.36. The summed E-state index contributed by atoms with van der Waals surface area (Å²) in [5, 5.41) is 2.50. The fourth-order valence-corrected chi connectivity index (χ4v) is 8.46. The van der Waals surface area contributed by atoms with E-state index in [1.165, 1.54) is 77.5 Å². The minimum Gasteiger partial charge on any atom is -0.311 e. The van der Waals surface area contributed by atoms with Crippen molar-refractivity contribution in [2.75, 3.05) is 4.90 Å². The Morgan fingerprint density at radius 3 is 0.915 bits per heavy atom. The highest BCUT2D eigenvalue weighted by Gasteiger charge is 2.17. The van der Waals surface area contributed by atoms with E-state index >= 15 is 0 Å². The average Bonchev–Trinajstić information content (AvgIpc) is 3.33. The monoisotopic (exact) mass is 751 g/mol. The third kappa shape index (κ3) is 7.12.